The highest BCUT2D eigenvalue weighted by atomic mass is 16.5. The second kappa shape index (κ2) is 3.49. The van der Waals surface area contributed by atoms with E-state index < -0.39 is 0 Å². The van der Waals surface area contributed by atoms with Crippen molar-refractivity contribution in [3.8, 4) is 5.75 Å². The number of benzene rings is 1. The fourth-order valence-corrected chi connectivity index (χ4v) is 3.02. The molecule has 1 aliphatic carbocycles. The van der Waals surface area contributed by atoms with Gasteiger partial charge in [0.15, 0.2) is 0 Å². The molecule has 16 heavy (non-hydrogen) atoms. The molecule has 0 unspecified atom stereocenters. The molecule has 0 amide bonds. The predicted octanol–water partition coefficient (Wildman–Crippen LogP) is 2.31. The number of rotatable bonds is 2. The van der Waals surface area contributed by atoms with E-state index in [2.05, 4.69) is 19.1 Å². The van der Waals surface area contributed by atoms with Crippen molar-refractivity contribution in [1.82, 2.24) is 0 Å². The van der Waals surface area contributed by atoms with Crippen LogP contribution in [0.4, 0.5) is 0 Å². The maximum Gasteiger partial charge on any atom is 0.125 e. The molecule has 1 aliphatic heterocycles. The van der Waals surface area contributed by atoms with Crippen molar-refractivity contribution in [1.29, 1.82) is 0 Å². The van der Waals surface area contributed by atoms with Gasteiger partial charge in [0.2, 0.25) is 0 Å². The van der Waals surface area contributed by atoms with Gasteiger partial charge in [0, 0.05) is 18.4 Å². The van der Waals surface area contributed by atoms with Gasteiger partial charge in [-0.2, -0.15) is 0 Å². The Hall–Kier alpha value is -1.02. The van der Waals surface area contributed by atoms with Gasteiger partial charge in [0.1, 0.15) is 5.75 Å². The van der Waals surface area contributed by atoms with Crippen molar-refractivity contribution in [2.75, 3.05) is 13.2 Å². The summed E-state index contributed by atoms with van der Waals surface area (Å²) in [4.78, 5) is 0. The Balaban J connectivity index is 2.05. The third-order valence-corrected chi connectivity index (χ3v) is 4.28. The topological polar surface area (TPSA) is 35.2 Å². The Kier molecular flexibility index (Phi) is 2.21. The van der Waals surface area contributed by atoms with Crippen molar-refractivity contribution in [3.05, 3.63) is 28.8 Å². The fourth-order valence-electron chi connectivity index (χ4n) is 3.02. The number of hydrogen-bond acceptors (Lipinski definition) is 2. The lowest BCUT2D eigenvalue weighted by Crippen LogP contribution is -2.41. The zero-order valence-corrected chi connectivity index (χ0v) is 9.88. The molecule has 0 radical (unpaired) electrons. The Bertz CT molecular complexity index is 415. The number of fused-ring (bicyclic) bond motifs is 1. The summed E-state index contributed by atoms with van der Waals surface area (Å²) in [6, 6.07) is 4.62. The quantitative estimate of drug-likeness (QED) is 0.825. The Labute approximate surface area is 96.8 Å². The summed E-state index contributed by atoms with van der Waals surface area (Å²) in [5.41, 5.74) is 10.4. The molecule has 2 heteroatoms. The summed E-state index contributed by atoms with van der Waals surface area (Å²) in [5, 5.41) is 0. The van der Waals surface area contributed by atoms with E-state index in [-0.39, 0.29) is 5.41 Å². The van der Waals surface area contributed by atoms with Crippen molar-refractivity contribution >= 4 is 0 Å². The molecule has 1 saturated carbocycles. The van der Waals surface area contributed by atoms with E-state index >= 15 is 0 Å². The maximum atomic E-state index is 5.96. The summed E-state index contributed by atoms with van der Waals surface area (Å²) in [6.07, 6.45) is 4.89. The lowest BCUT2D eigenvalue weighted by Gasteiger charge is -2.42. The van der Waals surface area contributed by atoms with Crippen molar-refractivity contribution in [2.45, 2.75) is 38.0 Å². The van der Waals surface area contributed by atoms with Gasteiger partial charge in [-0.15, -0.1) is 0 Å². The van der Waals surface area contributed by atoms with Crippen LogP contribution in [0.5, 0.6) is 5.75 Å². The van der Waals surface area contributed by atoms with Gasteiger partial charge in [0.25, 0.3) is 0 Å². The third kappa shape index (κ3) is 1.29. The number of aryl methyl sites for hydroxylation is 1. The van der Waals surface area contributed by atoms with Crippen LogP contribution < -0.4 is 10.5 Å². The average molecular weight is 217 g/mol. The highest BCUT2D eigenvalue weighted by Crippen LogP contribution is 2.45. The van der Waals surface area contributed by atoms with Gasteiger partial charge < -0.3 is 10.5 Å². The summed E-state index contributed by atoms with van der Waals surface area (Å²) in [7, 11) is 0. The third-order valence-electron chi connectivity index (χ3n) is 4.28. The van der Waals surface area contributed by atoms with Gasteiger partial charge in [-0.05, 0) is 36.5 Å². The highest BCUT2D eigenvalue weighted by Gasteiger charge is 2.38. The normalized spacial score (nSPS) is 21.1. The largest absolute Gasteiger partial charge is 0.493 e. The summed E-state index contributed by atoms with van der Waals surface area (Å²) in [6.45, 7) is 3.78. The minimum Gasteiger partial charge on any atom is -0.493 e. The Morgan fingerprint density at radius 1 is 1.38 bits per heavy atom. The molecule has 1 aromatic carbocycles. The van der Waals surface area contributed by atoms with Crippen LogP contribution in [0.25, 0.3) is 0 Å². The first-order chi connectivity index (χ1) is 7.75. The first kappa shape index (κ1) is 10.2. The average Bonchev–Trinajstić information content (AvgIpc) is 2.65. The fraction of sp³-hybridized carbons (Fsp3) is 0.571. The molecule has 2 N–H and O–H groups in total. The van der Waals surface area contributed by atoms with Crippen LogP contribution in [0.15, 0.2) is 12.1 Å². The molecule has 0 bridgehead atoms. The van der Waals surface area contributed by atoms with E-state index in [1.54, 1.807) is 0 Å². The molecule has 0 spiro atoms. The number of nitrogens with two attached hydrogens (primary N) is 1. The number of hydrogen-bond donors (Lipinski definition) is 1. The van der Waals surface area contributed by atoms with E-state index in [0.717, 1.165) is 25.3 Å². The summed E-state index contributed by atoms with van der Waals surface area (Å²) >= 11 is 0. The molecule has 2 aliphatic rings. The summed E-state index contributed by atoms with van der Waals surface area (Å²) in [5.74, 6) is 1.12. The lowest BCUT2D eigenvalue weighted by atomic mass is 9.64. The molecule has 86 valence electrons. The molecule has 0 saturated heterocycles. The van der Waals surface area contributed by atoms with Crippen LogP contribution in [-0.2, 0) is 11.8 Å². The first-order valence-corrected chi connectivity index (χ1v) is 6.22. The second-order valence-electron chi connectivity index (χ2n) is 5.22. The van der Waals surface area contributed by atoms with Crippen molar-refractivity contribution in [3.63, 3.8) is 0 Å². The van der Waals surface area contributed by atoms with Crippen LogP contribution in [0.2, 0.25) is 0 Å². The minimum atomic E-state index is 0.280. The van der Waals surface area contributed by atoms with Crippen molar-refractivity contribution < 1.29 is 4.74 Å². The highest BCUT2D eigenvalue weighted by molar-refractivity contribution is 5.48. The lowest BCUT2D eigenvalue weighted by molar-refractivity contribution is 0.252. The standard InChI is InChI=1S/C14H19NO/c1-10-7-12(14(9-15)4-2-5-14)8-11-3-6-16-13(10)11/h7-8H,2-6,9,15H2,1H3. The molecule has 1 fully saturated rings. The SMILES string of the molecule is Cc1cc(C2(CN)CCC2)cc2c1OCC2. The van der Waals surface area contributed by atoms with Gasteiger partial charge in [-0.25, -0.2) is 0 Å². The van der Waals surface area contributed by atoms with E-state index in [0.29, 0.717) is 0 Å². The van der Waals surface area contributed by atoms with Gasteiger partial charge >= 0.3 is 0 Å². The van der Waals surface area contributed by atoms with Crippen LogP contribution >= 0.6 is 0 Å². The zero-order valence-electron chi connectivity index (χ0n) is 9.88. The van der Waals surface area contributed by atoms with Crippen LogP contribution in [0, 0.1) is 6.92 Å². The zero-order chi connectivity index (χ0) is 11.2. The van der Waals surface area contributed by atoms with E-state index in [1.807, 2.05) is 0 Å². The van der Waals surface area contributed by atoms with Crippen LogP contribution in [0.1, 0.15) is 36.0 Å². The van der Waals surface area contributed by atoms with E-state index in [1.165, 1.54) is 36.0 Å². The van der Waals surface area contributed by atoms with Crippen LogP contribution in [-0.4, -0.2) is 13.2 Å². The van der Waals surface area contributed by atoms with E-state index in [9.17, 15) is 0 Å². The Morgan fingerprint density at radius 2 is 2.19 bits per heavy atom. The predicted molar refractivity (Wildman–Crippen MR) is 65.0 cm³/mol. The molecule has 0 atom stereocenters. The molecule has 3 rings (SSSR count). The molecular formula is C14H19NO. The first-order valence-electron chi connectivity index (χ1n) is 6.22. The van der Waals surface area contributed by atoms with Crippen LogP contribution in [0.3, 0.4) is 0 Å². The number of ether oxygens (including phenoxy) is 1. The maximum absolute atomic E-state index is 5.96. The smallest absolute Gasteiger partial charge is 0.125 e. The van der Waals surface area contributed by atoms with Crippen molar-refractivity contribution in [2.24, 2.45) is 5.73 Å². The molecule has 0 aromatic heterocycles. The summed E-state index contributed by atoms with van der Waals surface area (Å²) < 4.78 is 5.65. The van der Waals surface area contributed by atoms with E-state index in [4.69, 9.17) is 10.5 Å². The molecule has 1 aromatic rings. The molecule has 2 nitrogen and oxygen atoms in total. The molecule has 1 heterocycles. The molecular weight excluding hydrogens is 198 g/mol. The minimum absolute atomic E-state index is 0.280. The van der Waals surface area contributed by atoms with Gasteiger partial charge in [-0.3, -0.25) is 0 Å². The second-order valence-corrected chi connectivity index (χ2v) is 5.22. The monoisotopic (exact) mass is 217 g/mol. The Morgan fingerprint density at radius 3 is 2.81 bits per heavy atom. The van der Waals surface area contributed by atoms with Gasteiger partial charge in [-0.1, -0.05) is 18.6 Å². The van der Waals surface area contributed by atoms with Gasteiger partial charge in [0.05, 0.1) is 6.61 Å².